The van der Waals surface area contributed by atoms with Crippen molar-refractivity contribution >= 4 is 35.0 Å². The van der Waals surface area contributed by atoms with E-state index in [0.717, 1.165) is 30.1 Å². The van der Waals surface area contributed by atoms with E-state index in [-0.39, 0.29) is 24.2 Å². The number of benzene rings is 2. The summed E-state index contributed by atoms with van der Waals surface area (Å²) < 4.78 is 0. The number of thioether (sulfide) groups is 1. The summed E-state index contributed by atoms with van der Waals surface area (Å²) in [4.78, 5) is 30.4. The summed E-state index contributed by atoms with van der Waals surface area (Å²) in [7, 11) is 0. The first kappa shape index (κ1) is 19.8. The molecule has 0 aromatic heterocycles. The molecule has 2 aliphatic heterocycles. The van der Waals surface area contributed by atoms with Crippen LogP contribution in [0.4, 0.5) is 11.4 Å². The minimum Gasteiger partial charge on any atom is -0.371 e. The van der Waals surface area contributed by atoms with Crippen molar-refractivity contribution in [1.82, 2.24) is 5.32 Å². The lowest BCUT2D eigenvalue weighted by Gasteiger charge is -2.19. The fourth-order valence-corrected chi connectivity index (χ4v) is 4.57. The Labute approximate surface area is 176 Å². The molecule has 2 heterocycles. The topological polar surface area (TPSA) is 52.7 Å². The molecule has 29 heavy (non-hydrogen) atoms. The van der Waals surface area contributed by atoms with Crippen LogP contribution in [0.25, 0.3) is 0 Å². The van der Waals surface area contributed by atoms with Crippen LogP contribution in [0.1, 0.15) is 12.8 Å². The number of rotatable bonds is 6. The molecule has 0 saturated carbocycles. The van der Waals surface area contributed by atoms with Gasteiger partial charge in [0.05, 0.1) is 5.92 Å². The van der Waals surface area contributed by atoms with E-state index in [9.17, 15) is 9.59 Å². The number of hydrogen-bond acceptors (Lipinski definition) is 4. The maximum Gasteiger partial charge on any atom is 0.227 e. The SMILES string of the molecule is CSc1ccc(N2CC(C(=O)NCC3CCN(c4ccccc4)C3)CC2=O)cc1. The fourth-order valence-electron chi connectivity index (χ4n) is 4.16. The van der Waals surface area contributed by atoms with E-state index >= 15 is 0 Å². The third-order valence-electron chi connectivity index (χ3n) is 5.85. The van der Waals surface area contributed by atoms with Gasteiger partial charge in [0.25, 0.3) is 0 Å². The molecule has 0 spiro atoms. The molecule has 4 rings (SSSR count). The molecule has 2 saturated heterocycles. The molecule has 2 aliphatic rings. The van der Waals surface area contributed by atoms with Crippen LogP contribution in [0.5, 0.6) is 0 Å². The van der Waals surface area contributed by atoms with E-state index < -0.39 is 0 Å². The first-order valence-electron chi connectivity index (χ1n) is 10.2. The van der Waals surface area contributed by atoms with E-state index in [2.05, 4.69) is 34.5 Å². The zero-order chi connectivity index (χ0) is 20.2. The molecule has 6 heteroatoms. The second-order valence-electron chi connectivity index (χ2n) is 7.78. The molecule has 0 bridgehead atoms. The van der Waals surface area contributed by atoms with Crippen LogP contribution < -0.4 is 15.1 Å². The standard InChI is InChI=1S/C23H27N3O2S/c1-29-21-9-7-20(8-10-21)26-16-18(13-22(26)27)23(28)24-14-17-11-12-25(15-17)19-5-3-2-4-6-19/h2-10,17-18H,11-16H2,1H3,(H,24,28). The number of nitrogens with one attached hydrogen (secondary N) is 1. The van der Waals surface area contributed by atoms with Crippen molar-refractivity contribution in [3.63, 3.8) is 0 Å². The average Bonchev–Trinajstić information content (AvgIpc) is 3.40. The van der Waals surface area contributed by atoms with Crippen LogP contribution in [0.2, 0.25) is 0 Å². The van der Waals surface area contributed by atoms with Gasteiger partial charge in [0.2, 0.25) is 11.8 Å². The molecule has 0 aliphatic carbocycles. The van der Waals surface area contributed by atoms with Gasteiger partial charge in [-0.3, -0.25) is 9.59 Å². The predicted octanol–water partition coefficient (Wildman–Crippen LogP) is 3.40. The first-order chi connectivity index (χ1) is 14.1. The number of nitrogens with zero attached hydrogens (tertiary/aromatic N) is 2. The van der Waals surface area contributed by atoms with E-state index in [4.69, 9.17) is 0 Å². The Hall–Kier alpha value is -2.47. The number of amides is 2. The highest BCUT2D eigenvalue weighted by molar-refractivity contribution is 7.98. The Morgan fingerprint density at radius 3 is 2.55 bits per heavy atom. The third-order valence-corrected chi connectivity index (χ3v) is 6.60. The molecular weight excluding hydrogens is 382 g/mol. The van der Waals surface area contributed by atoms with Crippen molar-refractivity contribution in [3.8, 4) is 0 Å². The molecule has 5 nitrogen and oxygen atoms in total. The number of carbonyl (C=O) groups excluding carboxylic acids is 2. The van der Waals surface area contributed by atoms with Gasteiger partial charge in [-0.05, 0) is 55.0 Å². The van der Waals surface area contributed by atoms with Gasteiger partial charge in [0.15, 0.2) is 0 Å². The third kappa shape index (κ3) is 4.58. The Morgan fingerprint density at radius 2 is 1.83 bits per heavy atom. The summed E-state index contributed by atoms with van der Waals surface area (Å²) in [5.74, 6) is 0.207. The minimum absolute atomic E-state index is 0.000236. The summed E-state index contributed by atoms with van der Waals surface area (Å²) in [5.41, 5.74) is 2.11. The number of anilines is 2. The maximum atomic E-state index is 12.7. The maximum absolute atomic E-state index is 12.7. The highest BCUT2D eigenvalue weighted by Gasteiger charge is 2.35. The molecular formula is C23H27N3O2S. The van der Waals surface area contributed by atoms with Gasteiger partial charge in [0, 0.05) is 48.9 Å². The second kappa shape index (κ2) is 8.91. The van der Waals surface area contributed by atoms with Gasteiger partial charge in [-0.15, -0.1) is 11.8 Å². The predicted molar refractivity (Wildman–Crippen MR) is 118 cm³/mol. The quantitative estimate of drug-likeness (QED) is 0.743. The van der Waals surface area contributed by atoms with Crippen molar-refractivity contribution in [2.45, 2.75) is 17.7 Å². The number of hydrogen-bond donors (Lipinski definition) is 1. The van der Waals surface area contributed by atoms with Crippen LogP contribution in [0.3, 0.4) is 0 Å². The Kier molecular flexibility index (Phi) is 6.09. The molecule has 1 N–H and O–H groups in total. The van der Waals surface area contributed by atoms with Crippen molar-refractivity contribution in [3.05, 3.63) is 54.6 Å². The van der Waals surface area contributed by atoms with E-state index in [1.807, 2.05) is 36.6 Å². The van der Waals surface area contributed by atoms with Crippen molar-refractivity contribution in [2.24, 2.45) is 11.8 Å². The van der Waals surface area contributed by atoms with Gasteiger partial charge in [-0.2, -0.15) is 0 Å². The van der Waals surface area contributed by atoms with Crippen molar-refractivity contribution < 1.29 is 9.59 Å². The molecule has 2 fully saturated rings. The van der Waals surface area contributed by atoms with Gasteiger partial charge < -0.3 is 15.1 Å². The monoisotopic (exact) mass is 409 g/mol. The van der Waals surface area contributed by atoms with Gasteiger partial charge in [-0.25, -0.2) is 0 Å². The van der Waals surface area contributed by atoms with Crippen molar-refractivity contribution in [2.75, 3.05) is 42.2 Å². The average molecular weight is 410 g/mol. The molecule has 0 radical (unpaired) electrons. The molecule has 2 amide bonds. The normalized spacial score (nSPS) is 21.6. The second-order valence-corrected chi connectivity index (χ2v) is 8.66. The fraction of sp³-hybridized carbons (Fsp3) is 0.391. The summed E-state index contributed by atoms with van der Waals surface area (Å²) >= 11 is 1.67. The molecule has 2 aromatic rings. The lowest BCUT2D eigenvalue weighted by Crippen LogP contribution is -2.36. The van der Waals surface area contributed by atoms with Gasteiger partial charge in [-0.1, -0.05) is 18.2 Å². The highest BCUT2D eigenvalue weighted by Crippen LogP contribution is 2.28. The van der Waals surface area contributed by atoms with Crippen LogP contribution in [0.15, 0.2) is 59.5 Å². The van der Waals surface area contributed by atoms with E-state index in [1.165, 1.54) is 5.69 Å². The molecule has 2 aromatic carbocycles. The molecule has 2 atom stereocenters. The van der Waals surface area contributed by atoms with Gasteiger partial charge in [0.1, 0.15) is 0 Å². The first-order valence-corrected chi connectivity index (χ1v) is 11.4. The summed E-state index contributed by atoms with van der Waals surface area (Å²) in [6.45, 7) is 3.12. The smallest absolute Gasteiger partial charge is 0.227 e. The van der Waals surface area contributed by atoms with Crippen LogP contribution >= 0.6 is 11.8 Å². The van der Waals surface area contributed by atoms with E-state index in [1.54, 1.807) is 16.7 Å². The van der Waals surface area contributed by atoms with Crippen LogP contribution in [-0.2, 0) is 9.59 Å². The number of para-hydroxylation sites is 1. The number of carbonyl (C=O) groups is 2. The van der Waals surface area contributed by atoms with Gasteiger partial charge >= 0.3 is 0 Å². The van der Waals surface area contributed by atoms with Crippen molar-refractivity contribution in [1.29, 1.82) is 0 Å². The zero-order valence-electron chi connectivity index (χ0n) is 16.7. The van der Waals surface area contributed by atoms with E-state index in [0.29, 0.717) is 19.0 Å². The molecule has 152 valence electrons. The summed E-state index contributed by atoms with van der Waals surface area (Å²) in [6.07, 6.45) is 3.39. The van der Waals surface area contributed by atoms with Crippen LogP contribution in [-0.4, -0.2) is 44.2 Å². The largest absolute Gasteiger partial charge is 0.371 e. The molecule has 2 unspecified atom stereocenters. The lowest BCUT2D eigenvalue weighted by molar-refractivity contribution is -0.126. The highest BCUT2D eigenvalue weighted by atomic mass is 32.2. The Bertz CT molecular complexity index is 856. The van der Waals surface area contributed by atoms with Crippen LogP contribution in [0, 0.1) is 11.8 Å². The summed E-state index contributed by atoms with van der Waals surface area (Å²) in [5, 5.41) is 3.10. The zero-order valence-corrected chi connectivity index (χ0v) is 17.5. The minimum atomic E-state index is -0.269. The summed E-state index contributed by atoms with van der Waals surface area (Å²) in [6, 6.07) is 18.3. The Balaban J connectivity index is 1.27. The Morgan fingerprint density at radius 1 is 1.07 bits per heavy atom. The lowest BCUT2D eigenvalue weighted by atomic mass is 10.1.